The largest absolute Gasteiger partial charge is 0.491 e. The van der Waals surface area contributed by atoms with Crippen LogP contribution in [0.15, 0.2) is 72.8 Å². The molecule has 0 unspecified atom stereocenters. The number of carbonyl (C=O) groups is 1. The molecule has 0 aliphatic carbocycles. The average molecular weight is 456 g/mol. The predicted octanol–water partition coefficient (Wildman–Crippen LogP) is 4.61. The summed E-state index contributed by atoms with van der Waals surface area (Å²) in [5, 5.41) is 10.9. The molecule has 3 aromatic carbocycles. The van der Waals surface area contributed by atoms with Crippen LogP contribution in [0.5, 0.6) is 5.75 Å². The first-order chi connectivity index (χ1) is 16.5. The molecule has 6 nitrogen and oxygen atoms in total. The summed E-state index contributed by atoms with van der Waals surface area (Å²) in [6, 6.07) is 23.6. The average Bonchev–Trinajstić information content (AvgIpc) is 3.41. The maximum absolute atomic E-state index is 12.8. The minimum Gasteiger partial charge on any atom is -0.491 e. The molecule has 1 saturated heterocycles. The minimum atomic E-state index is -0.724. The molecule has 0 radical (unpaired) electrons. The number of nitrogens with zero attached hydrogens (tertiary/aromatic N) is 3. The number of anilines is 1. The molecule has 34 heavy (non-hydrogen) atoms. The highest BCUT2D eigenvalue weighted by Crippen LogP contribution is 2.33. The number of ether oxygens (including phenoxy) is 1. The third-order valence-electron chi connectivity index (χ3n) is 6.62. The van der Waals surface area contributed by atoms with Crippen LogP contribution in [0.3, 0.4) is 0 Å². The van der Waals surface area contributed by atoms with E-state index in [0.29, 0.717) is 19.5 Å². The van der Waals surface area contributed by atoms with E-state index in [0.717, 1.165) is 39.4 Å². The van der Waals surface area contributed by atoms with Gasteiger partial charge in [0.05, 0.1) is 17.6 Å². The number of imidazole rings is 1. The third-order valence-corrected chi connectivity index (χ3v) is 6.62. The molecule has 0 spiro atoms. The molecule has 1 aliphatic heterocycles. The first-order valence-electron chi connectivity index (χ1n) is 11.7. The lowest BCUT2D eigenvalue weighted by Gasteiger charge is -2.19. The number of hydrogen-bond donors (Lipinski definition) is 1. The van der Waals surface area contributed by atoms with Gasteiger partial charge in [-0.05, 0) is 55.3 Å². The molecule has 5 rings (SSSR count). The van der Waals surface area contributed by atoms with Crippen molar-refractivity contribution in [2.75, 3.05) is 18.1 Å². The quantitative estimate of drug-likeness (QED) is 0.442. The molecular formula is C28H29N3O3. The number of amides is 1. The van der Waals surface area contributed by atoms with E-state index in [1.54, 1.807) is 0 Å². The fourth-order valence-corrected chi connectivity index (χ4v) is 4.67. The Morgan fingerprint density at radius 3 is 2.62 bits per heavy atom. The van der Waals surface area contributed by atoms with Gasteiger partial charge in [-0.1, -0.05) is 42.5 Å². The fraction of sp³-hybridized carbons (Fsp3) is 0.286. The maximum Gasteiger partial charge on any atom is 0.227 e. The molecule has 6 heteroatoms. The van der Waals surface area contributed by atoms with Crippen LogP contribution in [-0.4, -0.2) is 39.8 Å². The van der Waals surface area contributed by atoms with Gasteiger partial charge in [-0.15, -0.1) is 0 Å². The van der Waals surface area contributed by atoms with Crippen LogP contribution in [0.1, 0.15) is 29.3 Å². The van der Waals surface area contributed by atoms with E-state index in [1.807, 2.05) is 91.5 Å². The van der Waals surface area contributed by atoms with Gasteiger partial charge in [0.25, 0.3) is 0 Å². The van der Waals surface area contributed by atoms with Gasteiger partial charge < -0.3 is 19.3 Å². The van der Waals surface area contributed by atoms with Crippen LogP contribution in [-0.2, 0) is 11.3 Å². The molecule has 1 aromatic heterocycles. The zero-order chi connectivity index (χ0) is 23.7. The Kier molecular flexibility index (Phi) is 6.07. The molecule has 1 fully saturated rings. The zero-order valence-corrected chi connectivity index (χ0v) is 19.5. The number of para-hydroxylation sites is 3. The maximum atomic E-state index is 12.8. The van der Waals surface area contributed by atoms with Gasteiger partial charge in [0.1, 0.15) is 24.3 Å². The van der Waals surface area contributed by atoms with Crippen LogP contribution in [0.25, 0.3) is 11.0 Å². The number of carbonyl (C=O) groups excluding carboxylic acids is 1. The van der Waals surface area contributed by atoms with Crippen molar-refractivity contribution in [3.63, 3.8) is 0 Å². The smallest absolute Gasteiger partial charge is 0.227 e. The number of rotatable bonds is 7. The number of aromatic nitrogens is 2. The van der Waals surface area contributed by atoms with Gasteiger partial charge in [-0.25, -0.2) is 4.98 Å². The van der Waals surface area contributed by atoms with Gasteiger partial charge in [0.2, 0.25) is 5.91 Å². The topological polar surface area (TPSA) is 67.6 Å². The number of aliphatic hydroxyl groups is 1. The molecule has 2 heterocycles. The van der Waals surface area contributed by atoms with E-state index in [-0.39, 0.29) is 18.4 Å². The monoisotopic (exact) mass is 455 g/mol. The van der Waals surface area contributed by atoms with Gasteiger partial charge >= 0.3 is 0 Å². The Hall–Kier alpha value is -3.64. The Morgan fingerprint density at radius 1 is 1.03 bits per heavy atom. The first-order valence-corrected chi connectivity index (χ1v) is 11.7. The number of aliphatic hydroxyl groups excluding tert-OH is 1. The molecule has 4 aromatic rings. The number of fused-ring (bicyclic) bond motifs is 1. The van der Waals surface area contributed by atoms with E-state index < -0.39 is 6.10 Å². The van der Waals surface area contributed by atoms with E-state index in [1.165, 1.54) is 0 Å². The summed E-state index contributed by atoms with van der Waals surface area (Å²) >= 11 is 0. The summed E-state index contributed by atoms with van der Waals surface area (Å²) < 4.78 is 8.01. The number of aryl methyl sites for hydroxylation is 1. The summed E-state index contributed by atoms with van der Waals surface area (Å²) in [6.45, 7) is 5.16. The van der Waals surface area contributed by atoms with Crippen molar-refractivity contribution in [1.82, 2.24) is 9.55 Å². The van der Waals surface area contributed by atoms with Crippen LogP contribution < -0.4 is 9.64 Å². The second-order valence-corrected chi connectivity index (χ2v) is 8.97. The normalized spacial score (nSPS) is 16.9. The third kappa shape index (κ3) is 4.29. The Morgan fingerprint density at radius 2 is 1.79 bits per heavy atom. The summed E-state index contributed by atoms with van der Waals surface area (Å²) in [7, 11) is 0. The molecule has 1 N–H and O–H groups in total. The van der Waals surface area contributed by atoms with E-state index in [2.05, 4.69) is 4.57 Å². The van der Waals surface area contributed by atoms with E-state index in [4.69, 9.17) is 9.72 Å². The van der Waals surface area contributed by atoms with Crippen LogP contribution in [0.2, 0.25) is 0 Å². The summed E-state index contributed by atoms with van der Waals surface area (Å²) in [4.78, 5) is 19.6. The fourth-order valence-electron chi connectivity index (χ4n) is 4.67. The van der Waals surface area contributed by atoms with Crippen molar-refractivity contribution in [2.24, 2.45) is 0 Å². The highest BCUT2D eigenvalue weighted by atomic mass is 16.5. The molecule has 2 atom stereocenters. The molecule has 1 amide bonds. The Balaban J connectivity index is 1.38. The van der Waals surface area contributed by atoms with E-state index in [9.17, 15) is 9.90 Å². The van der Waals surface area contributed by atoms with Gasteiger partial charge in [-0.3, -0.25) is 4.79 Å². The Labute approximate surface area is 199 Å². The lowest BCUT2D eigenvalue weighted by Crippen LogP contribution is -2.26. The molecule has 0 saturated carbocycles. The van der Waals surface area contributed by atoms with Crippen molar-refractivity contribution in [3.8, 4) is 5.75 Å². The van der Waals surface area contributed by atoms with Crippen molar-refractivity contribution in [1.29, 1.82) is 0 Å². The summed E-state index contributed by atoms with van der Waals surface area (Å²) in [5.41, 5.74) is 4.96. The number of benzene rings is 3. The standard InChI is InChI=1S/C28H29N3O3/c1-19-9-8-14-26(20(19)2)34-18-23(32)17-31-25-13-7-6-12-24(25)29-28(31)21-15-27(33)30(16-21)22-10-4-3-5-11-22/h3-14,21,23,32H,15-18H2,1-2H3/t21-,23+/m1/s1. The van der Waals surface area contributed by atoms with Crippen molar-refractivity contribution in [3.05, 3.63) is 89.7 Å². The summed E-state index contributed by atoms with van der Waals surface area (Å²) in [6.07, 6.45) is -0.327. The first kappa shape index (κ1) is 22.2. The highest BCUT2D eigenvalue weighted by Gasteiger charge is 2.35. The van der Waals surface area contributed by atoms with Crippen molar-refractivity contribution in [2.45, 2.75) is 38.8 Å². The van der Waals surface area contributed by atoms with Crippen molar-refractivity contribution >= 4 is 22.6 Å². The van der Waals surface area contributed by atoms with Crippen LogP contribution >= 0.6 is 0 Å². The lowest BCUT2D eigenvalue weighted by atomic mass is 10.1. The van der Waals surface area contributed by atoms with Crippen LogP contribution in [0.4, 0.5) is 5.69 Å². The van der Waals surface area contributed by atoms with Crippen LogP contribution in [0, 0.1) is 13.8 Å². The number of hydrogen-bond acceptors (Lipinski definition) is 4. The molecule has 1 aliphatic rings. The summed E-state index contributed by atoms with van der Waals surface area (Å²) in [5.74, 6) is 1.66. The van der Waals surface area contributed by atoms with Gasteiger partial charge in [-0.2, -0.15) is 0 Å². The van der Waals surface area contributed by atoms with Crippen molar-refractivity contribution < 1.29 is 14.6 Å². The molecular weight excluding hydrogens is 426 g/mol. The predicted molar refractivity (Wildman–Crippen MR) is 133 cm³/mol. The minimum absolute atomic E-state index is 0.0489. The SMILES string of the molecule is Cc1cccc(OC[C@@H](O)Cn2c([C@@H]3CC(=O)N(c4ccccc4)C3)nc3ccccc32)c1C. The Bertz CT molecular complexity index is 1320. The van der Waals surface area contributed by atoms with E-state index >= 15 is 0 Å². The zero-order valence-electron chi connectivity index (χ0n) is 19.5. The molecule has 0 bridgehead atoms. The van der Waals surface area contributed by atoms with Gasteiger partial charge in [0, 0.05) is 24.6 Å². The van der Waals surface area contributed by atoms with Gasteiger partial charge in [0.15, 0.2) is 0 Å². The highest BCUT2D eigenvalue weighted by molar-refractivity contribution is 5.96. The second-order valence-electron chi connectivity index (χ2n) is 8.97. The second kappa shape index (κ2) is 9.31. The lowest BCUT2D eigenvalue weighted by molar-refractivity contribution is -0.117. The molecule has 174 valence electrons.